The summed E-state index contributed by atoms with van der Waals surface area (Å²) in [6.45, 7) is 8.91. The van der Waals surface area contributed by atoms with Gasteiger partial charge in [-0.2, -0.15) is 0 Å². The van der Waals surface area contributed by atoms with Gasteiger partial charge in [0.05, 0.1) is 5.69 Å². The number of phenols is 1. The summed E-state index contributed by atoms with van der Waals surface area (Å²) >= 11 is 0. The molecule has 0 radical (unpaired) electrons. The summed E-state index contributed by atoms with van der Waals surface area (Å²) in [5.74, 6) is 0.892. The molecule has 0 aliphatic carbocycles. The van der Waals surface area contributed by atoms with E-state index in [-0.39, 0.29) is 16.8 Å². The highest BCUT2D eigenvalue weighted by Crippen LogP contribution is 2.33. The topological polar surface area (TPSA) is 95.9 Å². The van der Waals surface area contributed by atoms with Crippen LogP contribution < -0.4 is 10.6 Å². The van der Waals surface area contributed by atoms with Crippen molar-refractivity contribution in [2.45, 2.75) is 57.7 Å². The Morgan fingerprint density at radius 1 is 0.933 bits per heavy atom. The molecule has 1 fully saturated rings. The molecule has 1 aromatic carbocycles. The first kappa shape index (κ1) is 20.2. The van der Waals surface area contributed by atoms with Crippen LogP contribution in [0, 0.1) is 0 Å². The van der Waals surface area contributed by atoms with Gasteiger partial charge in [0.1, 0.15) is 17.9 Å². The van der Waals surface area contributed by atoms with E-state index < -0.39 is 0 Å². The molecule has 7 nitrogen and oxygen atoms in total. The van der Waals surface area contributed by atoms with Crippen molar-refractivity contribution < 1.29 is 5.11 Å². The molecule has 0 spiro atoms. The van der Waals surface area contributed by atoms with Crippen LogP contribution in [0.2, 0.25) is 0 Å². The van der Waals surface area contributed by atoms with Crippen LogP contribution in [0.1, 0.15) is 40.5 Å². The minimum absolute atomic E-state index is 0.0596. The van der Waals surface area contributed by atoms with Gasteiger partial charge in [-0.05, 0) is 70.4 Å². The van der Waals surface area contributed by atoms with Gasteiger partial charge < -0.3 is 15.7 Å². The molecule has 0 saturated carbocycles. The first-order valence-electron chi connectivity index (χ1n) is 10.2. The molecule has 2 aromatic heterocycles. The Hall–Kier alpha value is -3.06. The van der Waals surface area contributed by atoms with Crippen LogP contribution >= 0.6 is 0 Å². The van der Waals surface area contributed by atoms with Crippen molar-refractivity contribution in [2.75, 3.05) is 5.32 Å². The second kappa shape index (κ2) is 7.65. The Kier molecular flexibility index (Phi) is 5.15. The Labute approximate surface area is 177 Å². The van der Waals surface area contributed by atoms with Crippen LogP contribution in [-0.4, -0.2) is 42.4 Å². The normalized spacial score (nSPS) is 18.1. The van der Waals surface area contributed by atoms with E-state index in [4.69, 9.17) is 0 Å². The third kappa shape index (κ3) is 4.57. The molecule has 1 aliphatic heterocycles. The van der Waals surface area contributed by atoms with Gasteiger partial charge in [0.2, 0.25) is 0 Å². The second-order valence-corrected chi connectivity index (χ2v) is 9.31. The van der Waals surface area contributed by atoms with E-state index in [1.165, 1.54) is 6.33 Å². The van der Waals surface area contributed by atoms with Crippen molar-refractivity contribution in [3.63, 3.8) is 0 Å². The van der Waals surface area contributed by atoms with Crippen LogP contribution in [0.15, 0.2) is 49.1 Å². The average Bonchev–Trinajstić information content (AvgIpc) is 2.67. The lowest BCUT2D eigenvalue weighted by atomic mass is 9.79. The summed E-state index contributed by atoms with van der Waals surface area (Å²) in [4.78, 5) is 8.04. The lowest BCUT2D eigenvalue weighted by Crippen LogP contribution is -2.60. The maximum atomic E-state index is 10.5. The van der Waals surface area contributed by atoms with Gasteiger partial charge in [-0.25, -0.2) is 9.97 Å². The molecule has 3 N–H and O–H groups in total. The highest BCUT2D eigenvalue weighted by atomic mass is 16.3. The molecule has 0 unspecified atom stereocenters. The zero-order valence-corrected chi connectivity index (χ0v) is 17.8. The molecule has 0 atom stereocenters. The van der Waals surface area contributed by atoms with Gasteiger partial charge in [0.15, 0.2) is 0 Å². The van der Waals surface area contributed by atoms with E-state index in [1.54, 1.807) is 18.5 Å². The lowest BCUT2D eigenvalue weighted by molar-refractivity contribution is 0.170. The number of hydrogen-bond acceptors (Lipinski definition) is 7. The molecule has 1 saturated heterocycles. The van der Waals surface area contributed by atoms with Crippen LogP contribution in [0.5, 0.6) is 5.75 Å². The van der Waals surface area contributed by atoms with Gasteiger partial charge in [-0.1, -0.05) is 6.07 Å². The van der Waals surface area contributed by atoms with Gasteiger partial charge in [-0.3, -0.25) is 0 Å². The Balaban J connectivity index is 1.50. The summed E-state index contributed by atoms with van der Waals surface area (Å²) < 4.78 is 0. The van der Waals surface area contributed by atoms with E-state index >= 15 is 0 Å². The fourth-order valence-electron chi connectivity index (χ4n) is 4.56. The third-order valence-corrected chi connectivity index (χ3v) is 5.37. The molecule has 3 aromatic rings. The Morgan fingerprint density at radius 2 is 1.63 bits per heavy atom. The zero-order valence-electron chi connectivity index (χ0n) is 17.8. The molecule has 3 heterocycles. The van der Waals surface area contributed by atoms with E-state index in [1.807, 2.05) is 24.3 Å². The number of nitrogens with zero attached hydrogens (tertiary/aromatic N) is 4. The fraction of sp³-hybridized carbons (Fsp3) is 0.391. The minimum Gasteiger partial charge on any atom is -0.507 e. The SMILES string of the molecule is CC1(C)CC(Nc2ccc(-c3ccc(-c4cncnc4)cc3O)nn2)CC(C)(C)N1. The van der Waals surface area contributed by atoms with Crippen molar-refractivity contribution >= 4 is 5.82 Å². The molecule has 1 aliphatic rings. The number of benzene rings is 1. The molecule has 30 heavy (non-hydrogen) atoms. The first-order valence-corrected chi connectivity index (χ1v) is 10.2. The molecule has 4 rings (SSSR count). The van der Waals surface area contributed by atoms with Crippen molar-refractivity contribution in [2.24, 2.45) is 0 Å². The highest BCUT2D eigenvalue weighted by Gasteiger charge is 2.37. The average molecular weight is 405 g/mol. The first-order chi connectivity index (χ1) is 14.2. The predicted octanol–water partition coefficient (Wildman–Crippen LogP) is 4.03. The van der Waals surface area contributed by atoms with Gasteiger partial charge in [0.25, 0.3) is 0 Å². The monoisotopic (exact) mass is 404 g/mol. The minimum atomic E-state index is 0.0596. The van der Waals surface area contributed by atoms with Crippen molar-refractivity contribution in [3.05, 3.63) is 49.1 Å². The maximum Gasteiger partial charge on any atom is 0.148 e. The molecule has 0 bridgehead atoms. The van der Waals surface area contributed by atoms with Crippen LogP contribution in [0.25, 0.3) is 22.4 Å². The van der Waals surface area contributed by atoms with E-state index in [0.717, 1.165) is 29.8 Å². The van der Waals surface area contributed by atoms with Crippen molar-refractivity contribution in [1.82, 2.24) is 25.5 Å². The maximum absolute atomic E-state index is 10.5. The summed E-state index contributed by atoms with van der Waals surface area (Å²) in [5.41, 5.74) is 3.07. The number of aromatic hydroxyl groups is 1. The smallest absolute Gasteiger partial charge is 0.148 e. The van der Waals surface area contributed by atoms with Crippen LogP contribution in [-0.2, 0) is 0 Å². The molecular weight excluding hydrogens is 376 g/mol. The third-order valence-electron chi connectivity index (χ3n) is 5.37. The Bertz CT molecular complexity index is 1000. The standard InChI is InChI=1S/C23H28N6O/c1-22(2)10-17(11-23(3,4)29-22)26-21-8-7-19(27-28-21)18-6-5-15(9-20(18)30)16-12-24-14-25-13-16/h5-9,12-14,17,29-30H,10-11H2,1-4H3,(H,26,28). The number of piperidine rings is 1. The molecule has 156 valence electrons. The number of hydrogen-bond donors (Lipinski definition) is 3. The van der Waals surface area contributed by atoms with Crippen molar-refractivity contribution in [3.8, 4) is 28.1 Å². The zero-order chi connectivity index (χ0) is 21.4. The van der Waals surface area contributed by atoms with E-state index in [9.17, 15) is 5.11 Å². The number of anilines is 1. The largest absolute Gasteiger partial charge is 0.507 e. The number of rotatable bonds is 4. The summed E-state index contributed by atoms with van der Waals surface area (Å²) in [6.07, 6.45) is 6.92. The highest BCUT2D eigenvalue weighted by molar-refractivity contribution is 5.73. The fourth-order valence-corrected chi connectivity index (χ4v) is 4.56. The van der Waals surface area contributed by atoms with Crippen LogP contribution in [0.4, 0.5) is 5.82 Å². The second-order valence-electron chi connectivity index (χ2n) is 9.31. The lowest BCUT2D eigenvalue weighted by Gasteiger charge is -2.46. The molecular formula is C23H28N6O. The number of nitrogens with one attached hydrogen (secondary N) is 2. The summed E-state index contributed by atoms with van der Waals surface area (Å²) in [6, 6.07) is 9.57. The summed E-state index contributed by atoms with van der Waals surface area (Å²) in [5, 5.41) is 26.4. The van der Waals surface area contributed by atoms with E-state index in [2.05, 4.69) is 58.5 Å². The quantitative estimate of drug-likeness (QED) is 0.604. The van der Waals surface area contributed by atoms with Gasteiger partial charge >= 0.3 is 0 Å². The number of aromatic nitrogens is 4. The Morgan fingerprint density at radius 3 is 2.23 bits per heavy atom. The molecule has 7 heteroatoms. The predicted molar refractivity (Wildman–Crippen MR) is 118 cm³/mol. The van der Waals surface area contributed by atoms with Gasteiger partial charge in [0, 0.05) is 40.6 Å². The number of phenolic OH excluding ortho intramolecular Hbond substituents is 1. The van der Waals surface area contributed by atoms with Crippen molar-refractivity contribution in [1.29, 1.82) is 0 Å². The van der Waals surface area contributed by atoms with E-state index in [0.29, 0.717) is 17.3 Å². The summed E-state index contributed by atoms with van der Waals surface area (Å²) in [7, 11) is 0. The van der Waals surface area contributed by atoms with Gasteiger partial charge in [-0.15, -0.1) is 10.2 Å². The van der Waals surface area contributed by atoms with Crippen LogP contribution in [0.3, 0.4) is 0 Å². The molecule has 0 amide bonds.